The first-order valence-electron chi connectivity index (χ1n) is 11.3. The molecule has 0 saturated carbocycles. The Kier molecular flexibility index (Phi) is 5.03. The Balaban J connectivity index is 1.38. The zero-order valence-electron chi connectivity index (χ0n) is 18.6. The van der Waals surface area contributed by atoms with Crippen LogP contribution in [-0.2, 0) is 4.79 Å². The number of nitrogens with one attached hydrogen (secondary N) is 1. The van der Waals surface area contributed by atoms with E-state index in [1.165, 1.54) is 11.8 Å². The van der Waals surface area contributed by atoms with E-state index >= 15 is 0 Å². The normalized spacial score (nSPS) is 24.5. The number of allylic oxidation sites excluding steroid dienone is 2. The van der Waals surface area contributed by atoms with Gasteiger partial charge in [-0.1, -0.05) is 84.9 Å². The second kappa shape index (κ2) is 8.22. The van der Waals surface area contributed by atoms with Gasteiger partial charge >= 0.3 is 5.18 Å². The molecule has 0 aromatic heterocycles. The zero-order chi connectivity index (χ0) is 23.1. The van der Waals surface area contributed by atoms with Gasteiger partial charge in [-0.25, -0.2) is 5.01 Å². The highest BCUT2D eigenvalue weighted by atomic mass is 32.2. The second-order valence-corrected chi connectivity index (χ2v) is 9.76. The highest BCUT2D eigenvalue weighted by Gasteiger charge is 2.57. The van der Waals surface area contributed by atoms with E-state index in [1.807, 2.05) is 84.7 Å². The van der Waals surface area contributed by atoms with Crippen LogP contribution in [0.15, 0.2) is 107 Å². The van der Waals surface area contributed by atoms with Crippen molar-refractivity contribution in [3.05, 3.63) is 118 Å². The van der Waals surface area contributed by atoms with E-state index in [9.17, 15) is 4.79 Å². The van der Waals surface area contributed by atoms with Gasteiger partial charge in [-0.05, 0) is 47.5 Å². The Morgan fingerprint density at radius 2 is 1.76 bits per heavy atom. The number of fused-ring (bicyclic) bond motifs is 4. The maximum absolute atomic E-state index is 13.1. The summed E-state index contributed by atoms with van der Waals surface area (Å²) in [5.74, 6) is 0.617. The summed E-state index contributed by atoms with van der Waals surface area (Å²) in [6, 6.07) is 28.3. The molecule has 3 aromatic rings. The molecule has 1 N–H and O–H groups in total. The van der Waals surface area contributed by atoms with Gasteiger partial charge in [-0.3, -0.25) is 10.1 Å². The molecule has 1 saturated heterocycles. The predicted octanol–water partition coefficient (Wildman–Crippen LogP) is 5.69. The van der Waals surface area contributed by atoms with Gasteiger partial charge in [0.1, 0.15) is 5.75 Å². The van der Waals surface area contributed by atoms with Gasteiger partial charge in [0.2, 0.25) is 0 Å². The molecule has 168 valence electrons. The van der Waals surface area contributed by atoms with Crippen LogP contribution in [0.2, 0.25) is 0 Å². The monoisotopic (exact) mass is 465 g/mol. The van der Waals surface area contributed by atoms with Crippen LogP contribution in [0.3, 0.4) is 0 Å². The molecular weight excluding hydrogens is 442 g/mol. The van der Waals surface area contributed by atoms with Crippen molar-refractivity contribution in [1.29, 1.82) is 0 Å². The molecule has 1 amide bonds. The molecule has 2 atom stereocenters. The lowest BCUT2D eigenvalue weighted by Crippen LogP contribution is -2.58. The number of ether oxygens (including phenoxy) is 1. The van der Waals surface area contributed by atoms with Crippen molar-refractivity contribution < 1.29 is 9.53 Å². The van der Waals surface area contributed by atoms with Gasteiger partial charge in [0.05, 0.1) is 16.7 Å². The average Bonchev–Trinajstić information content (AvgIpc) is 3.43. The van der Waals surface area contributed by atoms with E-state index in [0.717, 1.165) is 40.1 Å². The summed E-state index contributed by atoms with van der Waals surface area (Å²) in [5, 5.41) is 8.88. The lowest BCUT2D eigenvalue weighted by molar-refractivity contribution is -0.127. The van der Waals surface area contributed by atoms with Gasteiger partial charge in [0, 0.05) is 12.0 Å². The number of para-hydroxylation sites is 1. The molecular formula is C28H23N3O2S. The second-order valence-electron chi connectivity index (χ2n) is 8.56. The maximum atomic E-state index is 13.1. The van der Waals surface area contributed by atoms with Gasteiger partial charge in [0.25, 0.3) is 5.91 Å². The largest absolute Gasteiger partial charge is 0.439 e. The third kappa shape index (κ3) is 3.60. The lowest BCUT2D eigenvalue weighted by atomic mass is 9.97. The summed E-state index contributed by atoms with van der Waals surface area (Å²) in [6.45, 7) is 2.00. The summed E-state index contributed by atoms with van der Waals surface area (Å²) in [7, 11) is 0. The Hall–Kier alpha value is -3.77. The van der Waals surface area contributed by atoms with Crippen LogP contribution >= 0.6 is 11.8 Å². The summed E-state index contributed by atoms with van der Waals surface area (Å²) in [6.07, 6.45) is 4.72. The van der Waals surface area contributed by atoms with E-state index in [2.05, 4.69) is 29.6 Å². The van der Waals surface area contributed by atoms with Crippen LogP contribution in [0.4, 0.5) is 0 Å². The first-order valence-corrected chi connectivity index (χ1v) is 12.1. The molecule has 5 nitrogen and oxygen atoms in total. The lowest BCUT2D eigenvalue weighted by Gasteiger charge is -2.43. The number of amides is 1. The zero-order valence-corrected chi connectivity index (χ0v) is 19.5. The number of benzene rings is 3. The van der Waals surface area contributed by atoms with Crippen LogP contribution in [0.1, 0.15) is 36.1 Å². The molecule has 0 unspecified atom stereocenters. The third-order valence-corrected chi connectivity index (χ3v) is 7.31. The highest BCUT2D eigenvalue weighted by Crippen LogP contribution is 2.53. The van der Waals surface area contributed by atoms with Crippen LogP contribution in [0.5, 0.6) is 5.75 Å². The van der Waals surface area contributed by atoms with Crippen LogP contribution < -0.4 is 10.1 Å². The third-order valence-electron chi connectivity index (χ3n) is 6.14. The van der Waals surface area contributed by atoms with E-state index in [0.29, 0.717) is 4.91 Å². The number of carbonyl (C=O) groups is 1. The number of carbonyl (C=O) groups excluding carboxylic acids is 1. The number of hydrogen-bond donors (Lipinski definition) is 1. The van der Waals surface area contributed by atoms with Crippen LogP contribution in [0.25, 0.3) is 6.08 Å². The topological polar surface area (TPSA) is 53.9 Å². The fraction of sp³-hybridized carbons (Fsp3) is 0.143. The molecule has 1 spiro atoms. The Bertz CT molecular complexity index is 1350. The number of hydrogen-bond acceptors (Lipinski definition) is 5. The summed E-state index contributed by atoms with van der Waals surface area (Å²) < 4.78 is 6.47. The number of nitrogens with zero attached hydrogens (tertiary/aromatic N) is 2. The fourth-order valence-electron chi connectivity index (χ4n) is 4.61. The molecule has 3 aliphatic rings. The molecule has 3 aliphatic heterocycles. The first kappa shape index (κ1) is 20.8. The van der Waals surface area contributed by atoms with Gasteiger partial charge in [-0.2, -0.15) is 5.10 Å². The molecule has 3 heterocycles. The standard InChI is InChI=1S/C28H23N3O2S/c1-19(16-20-10-4-2-5-11-20)17-26-27(32)29-28(34-26)31-24(22-14-8-9-15-25(22)33-28)18-23(30-31)21-12-6-3-7-13-21/h2-17,24H,18H2,1H3,(H,29,32)/b19-16+,26-17-/t24-,28-/m1/s1. The molecule has 34 heavy (non-hydrogen) atoms. The maximum Gasteiger partial charge on any atom is 0.336 e. The average molecular weight is 466 g/mol. The molecule has 0 radical (unpaired) electrons. The minimum Gasteiger partial charge on any atom is -0.439 e. The van der Waals surface area contributed by atoms with Crippen molar-refractivity contribution in [3.63, 3.8) is 0 Å². The van der Waals surface area contributed by atoms with Crippen molar-refractivity contribution in [1.82, 2.24) is 10.3 Å². The summed E-state index contributed by atoms with van der Waals surface area (Å²) >= 11 is 1.37. The van der Waals surface area contributed by atoms with Crippen molar-refractivity contribution in [3.8, 4) is 5.75 Å². The smallest absolute Gasteiger partial charge is 0.336 e. The molecule has 1 fully saturated rings. The Labute approximate surface area is 202 Å². The number of hydrazone groups is 1. The molecule has 0 aliphatic carbocycles. The van der Waals surface area contributed by atoms with E-state index in [-0.39, 0.29) is 11.9 Å². The molecule has 6 rings (SSSR count). The van der Waals surface area contributed by atoms with Crippen LogP contribution in [0, 0.1) is 0 Å². The van der Waals surface area contributed by atoms with E-state index < -0.39 is 5.18 Å². The minimum atomic E-state index is -1.12. The molecule has 3 aromatic carbocycles. The molecule has 0 bridgehead atoms. The van der Waals surface area contributed by atoms with Gasteiger partial charge < -0.3 is 4.74 Å². The summed E-state index contributed by atoms with van der Waals surface area (Å²) in [4.78, 5) is 13.7. The number of thioether (sulfide) groups is 1. The first-order chi connectivity index (χ1) is 16.6. The quantitative estimate of drug-likeness (QED) is 0.505. The van der Waals surface area contributed by atoms with Gasteiger partial charge in [-0.15, -0.1) is 0 Å². The van der Waals surface area contributed by atoms with E-state index in [4.69, 9.17) is 9.84 Å². The Morgan fingerprint density at radius 1 is 1.06 bits per heavy atom. The SMILES string of the molecule is CC(/C=C1\S[C@@]2(NC1=O)Oc1ccccc1[C@H]1CC(c3ccccc3)=NN12)=C\c1ccccc1. The van der Waals surface area contributed by atoms with Crippen molar-refractivity contribution in [2.45, 2.75) is 24.6 Å². The van der Waals surface area contributed by atoms with E-state index in [1.54, 1.807) is 0 Å². The minimum absolute atomic E-state index is 0.0201. The van der Waals surface area contributed by atoms with Gasteiger partial charge in [0.15, 0.2) is 0 Å². The fourth-order valence-corrected chi connectivity index (χ4v) is 5.83. The Morgan fingerprint density at radius 3 is 2.56 bits per heavy atom. The van der Waals surface area contributed by atoms with Crippen molar-refractivity contribution in [2.75, 3.05) is 0 Å². The molecule has 6 heteroatoms. The summed E-state index contributed by atoms with van der Waals surface area (Å²) in [5.41, 5.74) is 5.22. The van der Waals surface area contributed by atoms with Crippen molar-refractivity contribution in [2.24, 2.45) is 5.10 Å². The van der Waals surface area contributed by atoms with Crippen LogP contribution in [-0.4, -0.2) is 21.8 Å². The number of rotatable bonds is 3. The van der Waals surface area contributed by atoms with Crippen molar-refractivity contribution >= 4 is 29.5 Å². The predicted molar refractivity (Wildman–Crippen MR) is 136 cm³/mol. The highest BCUT2D eigenvalue weighted by molar-refractivity contribution is 8.05.